The van der Waals surface area contributed by atoms with Crippen molar-refractivity contribution < 1.29 is 4.42 Å². The third-order valence-electron chi connectivity index (χ3n) is 5.84. The first-order valence-corrected chi connectivity index (χ1v) is 7.52. The Morgan fingerprint density at radius 2 is 1.85 bits per heavy atom. The lowest BCUT2D eigenvalue weighted by molar-refractivity contribution is -0.117. The first-order valence-electron chi connectivity index (χ1n) is 7.52. The summed E-state index contributed by atoms with van der Waals surface area (Å²) < 4.78 is 5.72. The highest BCUT2D eigenvalue weighted by atomic mass is 16.4. The predicted molar refractivity (Wildman–Crippen MR) is 74.7 cm³/mol. The van der Waals surface area contributed by atoms with E-state index in [1.165, 1.54) is 19.3 Å². The van der Waals surface area contributed by atoms with Crippen molar-refractivity contribution in [2.24, 2.45) is 16.7 Å². The summed E-state index contributed by atoms with van der Waals surface area (Å²) in [4.78, 5) is 4.43. The quantitative estimate of drug-likeness (QED) is 0.849. The number of aromatic nitrogens is 1. The average Bonchev–Trinajstić information content (AvgIpc) is 2.66. The number of nitriles is 1. The van der Waals surface area contributed by atoms with Gasteiger partial charge in [-0.3, -0.25) is 0 Å². The van der Waals surface area contributed by atoms with Crippen LogP contribution in [-0.4, -0.2) is 4.98 Å². The van der Waals surface area contributed by atoms with Crippen LogP contribution in [0.3, 0.4) is 0 Å². The van der Waals surface area contributed by atoms with Gasteiger partial charge in [0, 0.05) is 5.41 Å². The first-order chi connectivity index (χ1) is 9.35. The van der Waals surface area contributed by atoms with Gasteiger partial charge in [-0.25, -0.2) is 0 Å². The molecule has 0 aromatic carbocycles. The Kier molecular flexibility index (Phi) is 2.08. The van der Waals surface area contributed by atoms with Crippen molar-refractivity contribution in [3.63, 3.8) is 0 Å². The number of nitrogen functional groups attached to an aromatic ring is 1. The second-order valence-corrected chi connectivity index (χ2v) is 8.25. The second-order valence-electron chi connectivity index (χ2n) is 8.25. The Bertz CT molecular complexity index is 608. The normalized spacial score (nSPS) is 45.5. The van der Waals surface area contributed by atoms with Crippen LogP contribution in [0.1, 0.15) is 64.0 Å². The predicted octanol–water partition coefficient (Wildman–Crippen LogP) is 3.38. The van der Waals surface area contributed by atoms with E-state index in [2.05, 4.69) is 18.8 Å². The third kappa shape index (κ3) is 1.49. The summed E-state index contributed by atoms with van der Waals surface area (Å²) >= 11 is 0. The Morgan fingerprint density at radius 1 is 1.20 bits per heavy atom. The molecule has 2 atom stereocenters. The van der Waals surface area contributed by atoms with Crippen LogP contribution in [0.5, 0.6) is 0 Å². The van der Waals surface area contributed by atoms with E-state index >= 15 is 0 Å². The average molecular weight is 271 g/mol. The van der Waals surface area contributed by atoms with Crippen molar-refractivity contribution in [3.8, 4) is 6.07 Å². The van der Waals surface area contributed by atoms with Crippen LogP contribution in [0.15, 0.2) is 4.42 Å². The smallest absolute Gasteiger partial charge is 0.229 e. The lowest BCUT2D eigenvalue weighted by Gasteiger charge is -2.64. The van der Waals surface area contributed by atoms with Gasteiger partial charge in [-0.1, -0.05) is 13.8 Å². The van der Waals surface area contributed by atoms with Gasteiger partial charge in [0.05, 0.1) is 0 Å². The molecule has 1 aromatic rings. The molecule has 2 unspecified atom stereocenters. The maximum Gasteiger partial charge on any atom is 0.229 e. The van der Waals surface area contributed by atoms with Crippen LogP contribution >= 0.6 is 0 Å². The summed E-state index contributed by atoms with van der Waals surface area (Å²) in [5, 5.41) is 9.06. The number of hydrogen-bond acceptors (Lipinski definition) is 4. The minimum absolute atomic E-state index is 0.0200. The third-order valence-corrected chi connectivity index (χ3v) is 5.84. The molecule has 1 aromatic heterocycles. The molecule has 0 saturated heterocycles. The minimum atomic E-state index is 0.0200. The molecule has 4 aliphatic carbocycles. The molecule has 4 nitrogen and oxygen atoms in total. The molecule has 1 heterocycles. The van der Waals surface area contributed by atoms with Crippen LogP contribution in [0.2, 0.25) is 0 Å². The monoisotopic (exact) mass is 271 g/mol. The minimum Gasteiger partial charge on any atom is -0.423 e. The lowest BCUT2D eigenvalue weighted by atomic mass is 9.40. The molecule has 20 heavy (non-hydrogen) atoms. The fourth-order valence-electron chi connectivity index (χ4n) is 6.33. The highest BCUT2D eigenvalue weighted by Gasteiger charge is 2.62. The highest BCUT2D eigenvalue weighted by Crippen LogP contribution is 2.69. The van der Waals surface area contributed by atoms with Crippen LogP contribution in [0, 0.1) is 28.1 Å². The zero-order valence-corrected chi connectivity index (χ0v) is 12.2. The number of anilines is 1. The molecule has 4 bridgehead atoms. The van der Waals surface area contributed by atoms with Crippen LogP contribution in [0.25, 0.3) is 0 Å². The van der Waals surface area contributed by atoms with Gasteiger partial charge < -0.3 is 10.2 Å². The van der Waals surface area contributed by atoms with E-state index in [4.69, 9.17) is 15.4 Å². The maximum absolute atomic E-state index is 9.06. The topological polar surface area (TPSA) is 75.8 Å². The van der Waals surface area contributed by atoms with Crippen molar-refractivity contribution in [3.05, 3.63) is 11.6 Å². The number of hydrogen-bond donors (Lipinski definition) is 1. The van der Waals surface area contributed by atoms with E-state index in [1.807, 2.05) is 6.07 Å². The van der Waals surface area contributed by atoms with E-state index in [0.717, 1.165) is 31.1 Å². The zero-order chi connectivity index (χ0) is 14.2. The Balaban J connectivity index is 1.82. The van der Waals surface area contributed by atoms with Gasteiger partial charge in [-0.2, -0.15) is 10.2 Å². The van der Waals surface area contributed by atoms with Gasteiger partial charge in [0.15, 0.2) is 0 Å². The summed E-state index contributed by atoms with van der Waals surface area (Å²) in [6.45, 7) is 4.84. The largest absolute Gasteiger partial charge is 0.423 e. The molecule has 0 aliphatic heterocycles. The summed E-state index contributed by atoms with van der Waals surface area (Å²) in [5.74, 6) is 1.70. The van der Waals surface area contributed by atoms with Gasteiger partial charge in [0.25, 0.3) is 0 Å². The fraction of sp³-hybridized carbons (Fsp3) is 0.750. The molecule has 0 spiro atoms. The van der Waals surface area contributed by atoms with Gasteiger partial charge in [-0.05, 0) is 55.3 Å². The van der Waals surface area contributed by atoms with Gasteiger partial charge in [0.2, 0.25) is 17.5 Å². The molecule has 2 N–H and O–H groups in total. The highest BCUT2D eigenvalue weighted by molar-refractivity contribution is 5.42. The molecule has 4 heteroatoms. The molecule has 106 valence electrons. The van der Waals surface area contributed by atoms with E-state index in [0.29, 0.717) is 10.8 Å². The number of rotatable bonds is 1. The number of nitrogens with zero attached hydrogens (tertiary/aromatic N) is 2. The number of nitrogens with two attached hydrogens (primary N) is 1. The van der Waals surface area contributed by atoms with Crippen molar-refractivity contribution in [1.82, 2.24) is 4.98 Å². The Labute approximate surface area is 119 Å². The van der Waals surface area contributed by atoms with Gasteiger partial charge in [0.1, 0.15) is 6.07 Å². The second kappa shape index (κ2) is 3.39. The molecule has 4 fully saturated rings. The van der Waals surface area contributed by atoms with Gasteiger partial charge >= 0.3 is 0 Å². The molecule has 4 aliphatic rings. The fourth-order valence-corrected chi connectivity index (χ4v) is 6.33. The molecular weight excluding hydrogens is 250 g/mol. The SMILES string of the molecule is CC12CC3CC(C)(C1)CC(c1nc(C#N)c(N)o1)(C3)C2. The Morgan fingerprint density at radius 3 is 2.35 bits per heavy atom. The van der Waals surface area contributed by atoms with E-state index < -0.39 is 0 Å². The summed E-state index contributed by atoms with van der Waals surface area (Å²) in [6, 6.07) is 2.04. The van der Waals surface area contributed by atoms with Crippen LogP contribution < -0.4 is 5.73 Å². The van der Waals surface area contributed by atoms with Crippen molar-refractivity contribution in [2.45, 2.75) is 57.8 Å². The zero-order valence-electron chi connectivity index (χ0n) is 12.2. The molecule has 5 rings (SSSR count). The molecule has 0 radical (unpaired) electrons. The van der Waals surface area contributed by atoms with Crippen LogP contribution in [-0.2, 0) is 5.41 Å². The van der Waals surface area contributed by atoms with E-state index in [-0.39, 0.29) is 17.0 Å². The molecule has 0 amide bonds. The summed E-state index contributed by atoms with van der Waals surface area (Å²) in [7, 11) is 0. The Hall–Kier alpha value is -1.50. The summed E-state index contributed by atoms with van der Waals surface area (Å²) in [5.41, 5.74) is 6.87. The van der Waals surface area contributed by atoms with E-state index in [9.17, 15) is 0 Å². The molecular formula is C16H21N3O. The molecule has 4 saturated carbocycles. The number of oxazole rings is 1. The van der Waals surface area contributed by atoms with Gasteiger partial charge in [-0.15, -0.1) is 0 Å². The first kappa shape index (κ1) is 12.3. The summed E-state index contributed by atoms with van der Waals surface area (Å²) in [6.07, 6.45) is 7.42. The van der Waals surface area contributed by atoms with Crippen molar-refractivity contribution in [1.29, 1.82) is 5.26 Å². The lowest BCUT2D eigenvalue weighted by Crippen LogP contribution is -2.57. The van der Waals surface area contributed by atoms with Crippen LogP contribution in [0.4, 0.5) is 5.88 Å². The standard InChI is InChI=1S/C16H21N3O/c1-14-3-10-4-15(2,7-14)9-16(5-10,8-14)13-19-11(6-17)12(18)20-13/h10H,3-5,7-9,18H2,1-2H3. The van der Waals surface area contributed by atoms with Crippen molar-refractivity contribution in [2.75, 3.05) is 5.73 Å². The maximum atomic E-state index is 9.06. The van der Waals surface area contributed by atoms with Crippen molar-refractivity contribution >= 4 is 5.88 Å². The van der Waals surface area contributed by atoms with E-state index in [1.54, 1.807) is 0 Å².